The van der Waals surface area contributed by atoms with Crippen molar-refractivity contribution < 1.29 is 24.2 Å². The molecule has 24 heavy (non-hydrogen) atoms. The van der Waals surface area contributed by atoms with Crippen LogP contribution in [0.3, 0.4) is 0 Å². The molecule has 1 heterocycles. The maximum Gasteiger partial charge on any atom is 0.307 e. The second kappa shape index (κ2) is 5.96. The third-order valence-corrected chi connectivity index (χ3v) is 4.78. The summed E-state index contributed by atoms with van der Waals surface area (Å²) in [5.74, 6) is -1.03. The Morgan fingerprint density at radius 1 is 1.21 bits per heavy atom. The molecule has 0 bridgehead atoms. The van der Waals surface area contributed by atoms with Gasteiger partial charge in [0.15, 0.2) is 17.3 Å². The Balaban J connectivity index is 2.01. The average Bonchev–Trinajstić information content (AvgIpc) is 2.88. The number of rotatable bonds is 4. The minimum atomic E-state index is -0.917. The molecule has 0 saturated heterocycles. The molecule has 2 atom stereocenters. The smallest absolute Gasteiger partial charge is 0.307 e. The molecule has 0 radical (unpaired) electrons. The zero-order chi connectivity index (χ0) is 17.5. The molecular formula is C19H22O5. The van der Waals surface area contributed by atoms with Crippen LogP contribution in [0, 0.1) is 11.8 Å². The normalized spacial score (nSPS) is 24.1. The first-order valence-corrected chi connectivity index (χ1v) is 8.15. The van der Waals surface area contributed by atoms with E-state index in [1.807, 2.05) is 26.0 Å². The lowest BCUT2D eigenvalue weighted by Crippen LogP contribution is -2.31. The molecule has 2 unspecified atom stereocenters. The molecule has 5 nitrogen and oxygen atoms in total. The van der Waals surface area contributed by atoms with Crippen LogP contribution in [0.2, 0.25) is 0 Å². The van der Waals surface area contributed by atoms with Crippen molar-refractivity contribution in [2.75, 3.05) is 7.11 Å². The standard InChI is InChI=1S/C19H22O5/c1-19(2)10-14-12(8-9-15(23-3)17(14)24-19)16(20)11-6-4-5-7-13(11)18(21)22/h4-5,8-9,11,13H,6-7,10H2,1-3H3,(H,21,22). The molecule has 1 aliphatic heterocycles. The van der Waals surface area contributed by atoms with E-state index >= 15 is 0 Å². The number of carbonyl (C=O) groups is 2. The van der Waals surface area contributed by atoms with Gasteiger partial charge in [-0.1, -0.05) is 12.2 Å². The Kier molecular flexibility index (Phi) is 4.11. The number of methoxy groups -OCH3 is 1. The van der Waals surface area contributed by atoms with E-state index in [-0.39, 0.29) is 5.78 Å². The number of Topliss-reactive ketones (excluding diaryl/α,β-unsaturated/α-hetero) is 1. The number of ether oxygens (including phenoxy) is 2. The van der Waals surface area contributed by atoms with Gasteiger partial charge < -0.3 is 14.6 Å². The third kappa shape index (κ3) is 2.79. The maximum absolute atomic E-state index is 13.1. The molecule has 1 aromatic carbocycles. The van der Waals surface area contributed by atoms with E-state index < -0.39 is 23.4 Å². The highest BCUT2D eigenvalue weighted by Gasteiger charge is 2.39. The van der Waals surface area contributed by atoms with E-state index in [4.69, 9.17) is 9.47 Å². The second-order valence-electron chi connectivity index (χ2n) is 7.02. The molecule has 0 amide bonds. The van der Waals surface area contributed by atoms with Crippen LogP contribution in [0.15, 0.2) is 24.3 Å². The molecule has 0 saturated carbocycles. The highest BCUT2D eigenvalue weighted by atomic mass is 16.5. The van der Waals surface area contributed by atoms with Gasteiger partial charge in [0.2, 0.25) is 0 Å². The lowest BCUT2D eigenvalue weighted by Gasteiger charge is -2.24. The Labute approximate surface area is 141 Å². The monoisotopic (exact) mass is 330 g/mol. The molecule has 2 aliphatic rings. The van der Waals surface area contributed by atoms with E-state index in [9.17, 15) is 14.7 Å². The van der Waals surface area contributed by atoms with Gasteiger partial charge in [-0.05, 0) is 38.8 Å². The Morgan fingerprint density at radius 2 is 1.88 bits per heavy atom. The van der Waals surface area contributed by atoms with Crippen molar-refractivity contribution in [3.8, 4) is 11.5 Å². The quantitative estimate of drug-likeness (QED) is 0.677. The van der Waals surface area contributed by atoms with E-state index in [2.05, 4.69) is 0 Å². The SMILES string of the molecule is COc1ccc(C(=O)C2CC=CCC2C(=O)O)c2c1OC(C)(C)C2. The van der Waals surface area contributed by atoms with E-state index in [1.165, 1.54) is 0 Å². The number of carbonyl (C=O) groups excluding carboxylic acids is 1. The van der Waals surface area contributed by atoms with Gasteiger partial charge in [0, 0.05) is 23.5 Å². The minimum absolute atomic E-state index is 0.119. The van der Waals surface area contributed by atoms with Crippen molar-refractivity contribution in [3.05, 3.63) is 35.4 Å². The highest BCUT2D eigenvalue weighted by Crippen LogP contribution is 2.45. The Morgan fingerprint density at radius 3 is 2.50 bits per heavy atom. The first-order valence-electron chi connectivity index (χ1n) is 8.15. The number of hydrogen-bond donors (Lipinski definition) is 1. The fourth-order valence-electron chi connectivity index (χ4n) is 3.60. The van der Waals surface area contributed by atoms with Gasteiger partial charge in [0.25, 0.3) is 0 Å². The summed E-state index contributed by atoms with van der Waals surface area (Å²) in [6, 6.07) is 3.46. The first-order chi connectivity index (χ1) is 11.3. The number of carboxylic acids is 1. The van der Waals surface area contributed by atoms with Crippen molar-refractivity contribution in [3.63, 3.8) is 0 Å². The van der Waals surface area contributed by atoms with Crippen LogP contribution >= 0.6 is 0 Å². The molecular weight excluding hydrogens is 308 g/mol. The molecule has 0 aromatic heterocycles. The number of ketones is 1. The van der Waals surface area contributed by atoms with Gasteiger partial charge in [-0.25, -0.2) is 0 Å². The molecule has 3 rings (SSSR count). The van der Waals surface area contributed by atoms with Gasteiger partial charge >= 0.3 is 5.97 Å². The van der Waals surface area contributed by atoms with E-state index in [1.54, 1.807) is 19.2 Å². The van der Waals surface area contributed by atoms with Gasteiger partial charge in [-0.3, -0.25) is 9.59 Å². The fourth-order valence-corrected chi connectivity index (χ4v) is 3.60. The van der Waals surface area contributed by atoms with Crippen molar-refractivity contribution in [2.24, 2.45) is 11.8 Å². The van der Waals surface area contributed by atoms with Crippen LogP contribution in [0.1, 0.15) is 42.6 Å². The van der Waals surface area contributed by atoms with Crippen molar-refractivity contribution in [1.29, 1.82) is 0 Å². The lowest BCUT2D eigenvalue weighted by atomic mass is 9.77. The fraction of sp³-hybridized carbons (Fsp3) is 0.474. The molecule has 1 N–H and O–H groups in total. The number of aliphatic carboxylic acids is 1. The van der Waals surface area contributed by atoms with Gasteiger partial charge in [0.05, 0.1) is 13.0 Å². The summed E-state index contributed by atoms with van der Waals surface area (Å²) >= 11 is 0. The summed E-state index contributed by atoms with van der Waals surface area (Å²) in [4.78, 5) is 24.6. The van der Waals surface area contributed by atoms with Crippen LogP contribution in [0.4, 0.5) is 0 Å². The summed E-state index contributed by atoms with van der Waals surface area (Å²) in [6.07, 6.45) is 5.19. The average molecular weight is 330 g/mol. The third-order valence-electron chi connectivity index (χ3n) is 4.78. The first kappa shape index (κ1) is 16.6. The van der Waals surface area contributed by atoms with Crippen LogP contribution in [0.5, 0.6) is 11.5 Å². The second-order valence-corrected chi connectivity index (χ2v) is 7.02. The van der Waals surface area contributed by atoms with Crippen molar-refractivity contribution in [1.82, 2.24) is 0 Å². The minimum Gasteiger partial charge on any atom is -0.493 e. The van der Waals surface area contributed by atoms with Crippen LogP contribution in [-0.4, -0.2) is 29.6 Å². The van der Waals surface area contributed by atoms with E-state index in [0.29, 0.717) is 36.3 Å². The summed E-state index contributed by atoms with van der Waals surface area (Å²) in [5.41, 5.74) is 0.968. The van der Waals surface area contributed by atoms with Crippen LogP contribution in [-0.2, 0) is 11.2 Å². The number of carboxylic acid groups (broad SMARTS) is 1. The van der Waals surface area contributed by atoms with Gasteiger partial charge in [-0.2, -0.15) is 0 Å². The molecule has 0 fully saturated rings. The zero-order valence-corrected chi connectivity index (χ0v) is 14.2. The molecule has 1 aromatic rings. The summed E-state index contributed by atoms with van der Waals surface area (Å²) in [5, 5.41) is 9.43. The van der Waals surface area contributed by atoms with Gasteiger partial charge in [-0.15, -0.1) is 0 Å². The molecule has 128 valence electrons. The maximum atomic E-state index is 13.1. The predicted octanol–water partition coefficient (Wildman–Crippen LogP) is 3.26. The lowest BCUT2D eigenvalue weighted by molar-refractivity contribution is -0.143. The number of hydrogen-bond acceptors (Lipinski definition) is 4. The molecule has 0 spiro atoms. The van der Waals surface area contributed by atoms with E-state index in [0.717, 1.165) is 5.56 Å². The van der Waals surface area contributed by atoms with Crippen LogP contribution in [0.25, 0.3) is 0 Å². The summed E-state index contributed by atoms with van der Waals surface area (Å²) in [6.45, 7) is 3.92. The van der Waals surface area contributed by atoms with Crippen molar-refractivity contribution >= 4 is 11.8 Å². The summed E-state index contributed by atoms with van der Waals surface area (Å²) in [7, 11) is 1.57. The molecule has 5 heteroatoms. The Bertz CT molecular complexity index is 717. The number of benzene rings is 1. The number of fused-ring (bicyclic) bond motifs is 1. The largest absolute Gasteiger partial charge is 0.493 e. The molecule has 1 aliphatic carbocycles. The van der Waals surface area contributed by atoms with Crippen LogP contribution < -0.4 is 9.47 Å². The topological polar surface area (TPSA) is 72.8 Å². The highest BCUT2D eigenvalue weighted by molar-refractivity contribution is 6.02. The Hall–Kier alpha value is -2.30. The van der Waals surface area contributed by atoms with Gasteiger partial charge in [0.1, 0.15) is 5.60 Å². The predicted molar refractivity (Wildman–Crippen MR) is 88.7 cm³/mol. The summed E-state index contributed by atoms with van der Waals surface area (Å²) < 4.78 is 11.3. The number of allylic oxidation sites excluding steroid dienone is 2. The van der Waals surface area contributed by atoms with Crippen molar-refractivity contribution in [2.45, 2.75) is 38.7 Å². The zero-order valence-electron chi connectivity index (χ0n) is 14.2.